The Morgan fingerprint density at radius 3 is 2.67 bits per heavy atom. The van der Waals surface area contributed by atoms with E-state index in [0.29, 0.717) is 22.1 Å². The number of amides is 1. The smallest absolute Gasteiger partial charge is 0.339 e. The first kappa shape index (κ1) is 15.1. The van der Waals surface area contributed by atoms with Gasteiger partial charge in [-0.05, 0) is 32.0 Å². The summed E-state index contributed by atoms with van der Waals surface area (Å²) in [6.45, 7) is 3.16. The predicted molar refractivity (Wildman–Crippen MR) is 78.7 cm³/mol. The number of carboxylic acid groups (broad SMARTS) is 1. The van der Waals surface area contributed by atoms with E-state index in [0.717, 1.165) is 0 Å². The third kappa shape index (κ3) is 3.41. The van der Waals surface area contributed by atoms with Crippen molar-refractivity contribution in [1.82, 2.24) is 9.78 Å². The van der Waals surface area contributed by atoms with Crippen LogP contribution in [0.25, 0.3) is 0 Å². The van der Waals surface area contributed by atoms with Gasteiger partial charge < -0.3 is 10.4 Å². The normalized spacial score (nSPS) is 10.4. The van der Waals surface area contributed by atoms with Crippen LogP contribution in [0.2, 0.25) is 5.02 Å². The molecule has 7 heteroatoms. The van der Waals surface area contributed by atoms with E-state index < -0.39 is 5.97 Å². The fraction of sp³-hybridized carbons (Fsp3) is 0.214. The van der Waals surface area contributed by atoms with Gasteiger partial charge in [-0.25, -0.2) is 4.79 Å². The number of carbonyl (C=O) groups excluding carboxylic acids is 1. The first-order valence-electron chi connectivity index (χ1n) is 6.21. The molecule has 0 atom stereocenters. The molecule has 1 aromatic heterocycles. The monoisotopic (exact) mass is 307 g/mol. The molecule has 1 aromatic carbocycles. The summed E-state index contributed by atoms with van der Waals surface area (Å²) in [4.78, 5) is 23.1. The van der Waals surface area contributed by atoms with Gasteiger partial charge in [0.25, 0.3) is 0 Å². The number of aromatic nitrogens is 2. The zero-order chi connectivity index (χ0) is 15.6. The molecular weight excluding hydrogens is 294 g/mol. The zero-order valence-corrected chi connectivity index (χ0v) is 12.3. The van der Waals surface area contributed by atoms with E-state index in [1.807, 2.05) is 0 Å². The van der Waals surface area contributed by atoms with Gasteiger partial charge in [-0.1, -0.05) is 17.7 Å². The molecule has 2 N–H and O–H groups in total. The van der Waals surface area contributed by atoms with Crippen LogP contribution in [0.3, 0.4) is 0 Å². The second-order valence-corrected chi connectivity index (χ2v) is 5.00. The standard InChI is InChI=1S/C14H14ClN3O3/c1-8-13(14(20)21)9(2)18(17-8)7-12(19)16-11-5-3-4-10(15)6-11/h3-6H,7H2,1-2H3,(H,16,19)(H,20,21). The molecule has 2 rings (SSSR count). The largest absolute Gasteiger partial charge is 0.478 e. The van der Waals surface area contributed by atoms with Crippen LogP contribution in [0, 0.1) is 13.8 Å². The van der Waals surface area contributed by atoms with E-state index in [2.05, 4.69) is 10.4 Å². The molecule has 0 unspecified atom stereocenters. The third-order valence-corrected chi connectivity index (χ3v) is 3.23. The number of halogens is 1. The Labute approximate surface area is 126 Å². The second kappa shape index (κ2) is 5.97. The summed E-state index contributed by atoms with van der Waals surface area (Å²) >= 11 is 5.84. The number of nitrogens with one attached hydrogen (secondary N) is 1. The lowest BCUT2D eigenvalue weighted by atomic mass is 10.2. The van der Waals surface area contributed by atoms with Crippen molar-refractivity contribution in [2.24, 2.45) is 0 Å². The number of benzene rings is 1. The summed E-state index contributed by atoms with van der Waals surface area (Å²) in [5, 5.41) is 16.4. The van der Waals surface area contributed by atoms with Crippen LogP contribution >= 0.6 is 11.6 Å². The number of carbonyl (C=O) groups is 2. The molecule has 1 amide bonds. The van der Waals surface area contributed by atoms with Gasteiger partial charge in [-0.15, -0.1) is 0 Å². The highest BCUT2D eigenvalue weighted by molar-refractivity contribution is 6.30. The molecule has 21 heavy (non-hydrogen) atoms. The number of carboxylic acids is 1. The minimum absolute atomic E-state index is 0.0630. The number of rotatable bonds is 4. The maximum absolute atomic E-state index is 12.0. The Morgan fingerprint density at radius 1 is 1.38 bits per heavy atom. The van der Waals surface area contributed by atoms with Gasteiger partial charge in [0.05, 0.1) is 11.4 Å². The van der Waals surface area contributed by atoms with Gasteiger partial charge in [0.15, 0.2) is 0 Å². The first-order valence-corrected chi connectivity index (χ1v) is 6.59. The van der Waals surface area contributed by atoms with Crippen LogP contribution in [0.4, 0.5) is 5.69 Å². The first-order chi connectivity index (χ1) is 9.88. The molecule has 1 heterocycles. The van der Waals surface area contributed by atoms with Crippen molar-refractivity contribution in [3.63, 3.8) is 0 Å². The summed E-state index contributed by atoms with van der Waals surface area (Å²) in [6, 6.07) is 6.78. The minimum Gasteiger partial charge on any atom is -0.478 e. The molecule has 0 bridgehead atoms. The molecule has 0 saturated carbocycles. The molecule has 0 aliphatic rings. The van der Waals surface area contributed by atoms with Crippen molar-refractivity contribution < 1.29 is 14.7 Å². The van der Waals surface area contributed by atoms with Crippen molar-refractivity contribution >= 4 is 29.2 Å². The van der Waals surface area contributed by atoms with Crippen molar-refractivity contribution in [2.45, 2.75) is 20.4 Å². The SMILES string of the molecule is Cc1nn(CC(=O)Nc2cccc(Cl)c2)c(C)c1C(=O)O. The summed E-state index contributed by atoms with van der Waals surface area (Å²) in [7, 11) is 0. The Bertz CT molecular complexity index is 709. The molecule has 0 aliphatic carbocycles. The highest BCUT2D eigenvalue weighted by Gasteiger charge is 2.18. The fourth-order valence-electron chi connectivity index (χ4n) is 2.06. The lowest BCUT2D eigenvalue weighted by Gasteiger charge is -2.07. The Hall–Kier alpha value is -2.34. The molecule has 2 aromatic rings. The molecule has 0 radical (unpaired) electrons. The summed E-state index contributed by atoms with van der Waals surface area (Å²) in [5.41, 5.74) is 1.54. The van der Waals surface area contributed by atoms with Crippen molar-refractivity contribution in [1.29, 1.82) is 0 Å². The highest BCUT2D eigenvalue weighted by atomic mass is 35.5. The van der Waals surface area contributed by atoms with Crippen LogP contribution in [0.15, 0.2) is 24.3 Å². The summed E-state index contributed by atoms with van der Waals surface area (Å²) in [6.07, 6.45) is 0. The van der Waals surface area contributed by atoms with Crippen LogP contribution in [-0.2, 0) is 11.3 Å². The van der Waals surface area contributed by atoms with Gasteiger partial charge in [-0.2, -0.15) is 5.10 Å². The van der Waals surface area contributed by atoms with Crippen LogP contribution in [-0.4, -0.2) is 26.8 Å². The number of hydrogen-bond acceptors (Lipinski definition) is 3. The highest BCUT2D eigenvalue weighted by Crippen LogP contribution is 2.16. The molecule has 6 nitrogen and oxygen atoms in total. The van der Waals surface area contributed by atoms with Crippen LogP contribution in [0.1, 0.15) is 21.7 Å². The molecule has 0 spiro atoms. The average molecular weight is 308 g/mol. The lowest BCUT2D eigenvalue weighted by Crippen LogP contribution is -2.20. The fourth-order valence-corrected chi connectivity index (χ4v) is 2.25. The quantitative estimate of drug-likeness (QED) is 0.909. The van der Waals surface area contributed by atoms with Gasteiger partial charge in [0.2, 0.25) is 5.91 Å². The number of hydrogen-bond donors (Lipinski definition) is 2. The maximum atomic E-state index is 12.0. The van der Waals surface area contributed by atoms with E-state index in [-0.39, 0.29) is 18.0 Å². The number of anilines is 1. The Kier molecular flexibility index (Phi) is 4.28. The lowest BCUT2D eigenvalue weighted by molar-refractivity contribution is -0.116. The Morgan fingerprint density at radius 2 is 2.10 bits per heavy atom. The van der Waals surface area contributed by atoms with Crippen molar-refractivity contribution in [3.05, 3.63) is 46.2 Å². The molecular formula is C14H14ClN3O3. The topological polar surface area (TPSA) is 84.2 Å². The van der Waals surface area contributed by atoms with E-state index in [1.165, 1.54) is 4.68 Å². The number of nitrogens with zero attached hydrogens (tertiary/aromatic N) is 2. The second-order valence-electron chi connectivity index (χ2n) is 4.57. The number of aryl methyl sites for hydroxylation is 1. The zero-order valence-electron chi connectivity index (χ0n) is 11.6. The van der Waals surface area contributed by atoms with E-state index in [9.17, 15) is 9.59 Å². The third-order valence-electron chi connectivity index (χ3n) is 3.00. The molecule has 0 fully saturated rings. The van der Waals surface area contributed by atoms with Crippen LogP contribution < -0.4 is 5.32 Å². The summed E-state index contributed by atoms with van der Waals surface area (Å²) < 4.78 is 1.37. The molecule has 110 valence electrons. The summed E-state index contributed by atoms with van der Waals surface area (Å²) in [5.74, 6) is -1.36. The van der Waals surface area contributed by atoms with Crippen molar-refractivity contribution in [3.8, 4) is 0 Å². The van der Waals surface area contributed by atoms with Gasteiger partial charge in [0.1, 0.15) is 12.1 Å². The van der Waals surface area contributed by atoms with E-state index in [4.69, 9.17) is 16.7 Å². The maximum Gasteiger partial charge on any atom is 0.339 e. The van der Waals surface area contributed by atoms with Crippen LogP contribution in [0.5, 0.6) is 0 Å². The number of aromatic carboxylic acids is 1. The van der Waals surface area contributed by atoms with Gasteiger partial charge in [-0.3, -0.25) is 9.48 Å². The predicted octanol–water partition coefficient (Wildman–Crippen LogP) is 2.49. The average Bonchev–Trinajstić information content (AvgIpc) is 2.64. The molecule has 0 saturated heterocycles. The van der Waals surface area contributed by atoms with E-state index in [1.54, 1.807) is 38.1 Å². The van der Waals surface area contributed by atoms with Gasteiger partial charge >= 0.3 is 5.97 Å². The van der Waals surface area contributed by atoms with Gasteiger partial charge in [0, 0.05) is 10.7 Å². The Balaban J connectivity index is 2.13. The van der Waals surface area contributed by atoms with E-state index >= 15 is 0 Å². The minimum atomic E-state index is -1.05. The van der Waals surface area contributed by atoms with Crippen molar-refractivity contribution in [2.75, 3.05) is 5.32 Å². The molecule has 0 aliphatic heterocycles.